The zero-order valence-electron chi connectivity index (χ0n) is 13.5. The Hall–Kier alpha value is -2.77. The van der Waals surface area contributed by atoms with Gasteiger partial charge in [-0.2, -0.15) is 0 Å². The fraction of sp³-hybridized carbons (Fsp3) is 0.0556. The first-order valence-corrected chi connectivity index (χ1v) is 8.64. The highest BCUT2D eigenvalue weighted by molar-refractivity contribution is 7.13. The molecule has 2 aromatic carbocycles. The third-order valence-corrected chi connectivity index (χ3v) is 4.68. The van der Waals surface area contributed by atoms with Crippen molar-refractivity contribution in [1.29, 1.82) is 0 Å². The van der Waals surface area contributed by atoms with E-state index in [1.165, 1.54) is 48.8 Å². The number of carbonyl (C=O) groups is 2. The number of hydrogen-bond donors (Lipinski definition) is 1. The predicted molar refractivity (Wildman–Crippen MR) is 98.3 cm³/mol. The number of aromatic nitrogens is 1. The first-order chi connectivity index (χ1) is 12.5. The average molecular weight is 391 g/mol. The minimum atomic E-state index is -0.538. The van der Waals surface area contributed by atoms with Crippen LogP contribution in [-0.4, -0.2) is 24.0 Å². The third-order valence-electron chi connectivity index (χ3n) is 3.46. The summed E-state index contributed by atoms with van der Waals surface area (Å²) in [6.45, 7) is 0. The van der Waals surface area contributed by atoms with Gasteiger partial charge in [-0.25, -0.2) is 14.2 Å². The fourth-order valence-electron chi connectivity index (χ4n) is 2.16. The SMILES string of the molecule is COC(=O)c1ccc(Cl)c(NC(=O)c2csc(-c3ccc(F)cc3)n2)c1. The summed E-state index contributed by atoms with van der Waals surface area (Å²) in [4.78, 5) is 28.3. The summed E-state index contributed by atoms with van der Waals surface area (Å²) in [6, 6.07) is 10.3. The van der Waals surface area contributed by atoms with E-state index in [2.05, 4.69) is 15.0 Å². The maximum atomic E-state index is 13.0. The summed E-state index contributed by atoms with van der Waals surface area (Å²) >= 11 is 7.33. The van der Waals surface area contributed by atoms with Crippen molar-refractivity contribution in [2.75, 3.05) is 12.4 Å². The van der Waals surface area contributed by atoms with Crippen LogP contribution in [0.15, 0.2) is 47.8 Å². The largest absolute Gasteiger partial charge is 0.465 e. The Bertz CT molecular complexity index is 973. The molecule has 0 saturated heterocycles. The number of methoxy groups -OCH3 is 1. The van der Waals surface area contributed by atoms with Crippen molar-refractivity contribution in [3.05, 3.63) is 69.9 Å². The van der Waals surface area contributed by atoms with Gasteiger partial charge in [0.25, 0.3) is 5.91 Å². The van der Waals surface area contributed by atoms with E-state index in [1.54, 1.807) is 17.5 Å². The van der Waals surface area contributed by atoms with Gasteiger partial charge in [0.15, 0.2) is 0 Å². The smallest absolute Gasteiger partial charge is 0.337 e. The number of benzene rings is 2. The van der Waals surface area contributed by atoms with Crippen LogP contribution in [0.4, 0.5) is 10.1 Å². The molecule has 0 saturated carbocycles. The summed E-state index contributed by atoms with van der Waals surface area (Å²) in [6.07, 6.45) is 0. The molecule has 0 aliphatic rings. The number of nitrogens with zero attached hydrogens (tertiary/aromatic N) is 1. The number of thiazole rings is 1. The summed E-state index contributed by atoms with van der Waals surface area (Å²) in [5.74, 6) is -1.36. The lowest BCUT2D eigenvalue weighted by atomic mass is 10.2. The molecule has 3 rings (SSSR count). The van der Waals surface area contributed by atoms with Crippen LogP contribution >= 0.6 is 22.9 Å². The van der Waals surface area contributed by atoms with E-state index in [9.17, 15) is 14.0 Å². The van der Waals surface area contributed by atoms with E-state index in [4.69, 9.17) is 11.6 Å². The van der Waals surface area contributed by atoms with Crippen LogP contribution in [-0.2, 0) is 4.74 Å². The van der Waals surface area contributed by atoms with Gasteiger partial charge in [-0.15, -0.1) is 11.3 Å². The molecule has 0 aliphatic carbocycles. The van der Waals surface area contributed by atoms with Crippen LogP contribution in [0.3, 0.4) is 0 Å². The van der Waals surface area contributed by atoms with Gasteiger partial charge in [-0.1, -0.05) is 11.6 Å². The summed E-state index contributed by atoms with van der Waals surface area (Å²) in [5.41, 5.74) is 1.43. The monoisotopic (exact) mass is 390 g/mol. The lowest BCUT2D eigenvalue weighted by Crippen LogP contribution is -2.13. The van der Waals surface area contributed by atoms with Gasteiger partial charge in [0.1, 0.15) is 16.5 Å². The van der Waals surface area contributed by atoms with Crippen LogP contribution in [0.1, 0.15) is 20.8 Å². The predicted octanol–water partition coefficient (Wildman–Crippen LogP) is 4.64. The van der Waals surface area contributed by atoms with E-state index >= 15 is 0 Å². The van der Waals surface area contributed by atoms with Crippen molar-refractivity contribution in [1.82, 2.24) is 4.98 Å². The van der Waals surface area contributed by atoms with E-state index < -0.39 is 11.9 Å². The molecular weight excluding hydrogens is 379 g/mol. The van der Waals surface area contributed by atoms with Crippen LogP contribution in [0.5, 0.6) is 0 Å². The number of hydrogen-bond acceptors (Lipinski definition) is 5. The number of rotatable bonds is 4. The second-order valence-corrected chi connectivity index (χ2v) is 6.45. The van der Waals surface area contributed by atoms with Gasteiger partial charge in [0.2, 0.25) is 0 Å². The van der Waals surface area contributed by atoms with Crippen molar-refractivity contribution in [3.8, 4) is 10.6 Å². The summed E-state index contributed by atoms with van der Waals surface area (Å²) < 4.78 is 17.7. The molecule has 0 radical (unpaired) electrons. The first-order valence-electron chi connectivity index (χ1n) is 7.38. The van der Waals surface area contributed by atoms with Crippen molar-refractivity contribution >= 4 is 40.5 Å². The van der Waals surface area contributed by atoms with Crippen LogP contribution in [0, 0.1) is 5.82 Å². The van der Waals surface area contributed by atoms with Gasteiger partial charge in [0.05, 0.1) is 23.4 Å². The number of nitrogens with one attached hydrogen (secondary N) is 1. The Morgan fingerprint density at radius 2 is 1.92 bits per heavy atom. The van der Waals surface area contributed by atoms with Crippen molar-refractivity contribution in [3.63, 3.8) is 0 Å². The number of anilines is 1. The normalized spacial score (nSPS) is 10.4. The molecule has 0 spiro atoms. The molecule has 0 fully saturated rings. The molecule has 3 aromatic rings. The Morgan fingerprint density at radius 1 is 1.19 bits per heavy atom. The molecule has 1 heterocycles. The molecule has 5 nitrogen and oxygen atoms in total. The van der Waals surface area contributed by atoms with E-state index in [0.717, 1.165) is 0 Å². The summed E-state index contributed by atoms with van der Waals surface area (Å²) in [7, 11) is 1.27. The second-order valence-electron chi connectivity index (χ2n) is 5.19. The molecule has 0 aliphatic heterocycles. The molecule has 0 bridgehead atoms. The molecular formula is C18H12ClFN2O3S. The number of amides is 1. The van der Waals surface area contributed by atoms with Crippen LogP contribution in [0.2, 0.25) is 5.02 Å². The molecule has 1 N–H and O–H groups in total. The average Bonchev–Trinajstić information content (AvgIpc) is 3.13. The Kier molecular flexibility index (Phi) is 5.29. The first kappa shape index (κ1) is 18.0. The van der Waals surface area contributed by atoms with Gasteiger partial charge >= 0.3 is 5.97 Å². The lowest BCUT2D eigenvalue weighted by Gasteiger charge is -2.07. The maximum absolute atomic E-state index is 13.0. The Labute approximate surface area is 157 Å². The van der Waals surface area contributed by atoms with Gasteiger partial charge in [-0.3, -0.25) is 4.79 Å². The number of halogens is 2. The second kappa shape index (κ2) is 7.63. The molecule has 0 unspecified atom stereocenters. The number of esters is 1. The zero-order chi connectivity index (χ0) is 18.7. The van der Waals surface area contributed by atoms with Crippen molar-refractivity contribution in [2.24, 2.45) is 0 Å². The molecule has 26 heavy (non-hydrogen) atoms. The Morgan fingerprint density at radius 3 is 2.62 bits per heavy atom. The van der Waals surface area contributed by atoms with Gasteiger partial charge in [0, 0.05) is 10.9 Å². The highest BCUT2D eigenvalue weighted by atomic mass is 35.5. The van der Waals surface area contributed by atoms with Gasteiger partial charge in [-0.05, 0) is 42.5 Å². The molecule has 132 valence electrons. The topological polar surface area (TPSA) is 68.3 Å². The minimum absolute atomic E-state index is 0.189. The minimum Gasteiger partial charge on any atom is -0.465 e. The summed E-state index contributed by atoms with van der Waals surface area (Å²) in [5, 5.41) is 5.08. The highest BCUT2D eigenvalue weighted by Crippen LogP contribution is 2.26. The van der Waals surface area contributed by atoms with E-state index in [0.29, 0.717) is 10.6 Å². The molecule has 8 heteroatoms. The third kappa shape index (κ3) is 3.89. The molecule has 1 amide bonds. The number of ether oxygens (including phenoxy) is 1. The number of carbonyl (C=O) groups excluding carboxylic acids is 2. The Balaban J connectivity index is 1.81. The molecule has 1 aromatic heterocycles. The van der Waals surface area contributed by atoms with Crippen LogP contribution < -0.4 is 5.32 Å². The van der Waals surface area contributed by atoms with Crippen molar-refractivity contribution < 1.29 is 18.7 Å². The van der Waals surface area contributed by atoms with Gasteiger partial charge < -0.3 is 10.1 Å². The van der Waals surface area contributed by atoms with E-state index in [1.807, 2.05) is 0 Å². The zero-order valence-corrected chi connectivity index (χ0v) is 15.0. The lowest BCUT2D eigenvalue weighted by molar-refractivity contribution is 0.0600. The highest BCUT2D eigenvalue weighted by Gasteiger charge is 2.15. The van der Waals surface area contributed by atoms with Crippen LogP contribution in [0.25, 0.3) is 10.6 Å². The molecule has 0 atom stereocenters. The van der Waals surface area contributed by atoms with Crippen molar-refractivity contribution in [2.45, 2.75) is 0 Å². The fourth-order valence-corrected chi connectivity index (χ4v) is 3.13. The quantitative estimate of drug-likeness (QED) is 0.659. The standard InChI is InChI=1S/C18H12ClFN2O3S/c1-25-18(24)11-4-7-13(19)14(8-11)21-16(23)15-9-26-17(22-15)10-2-5-12(20)6-3-10/h2-9H,1H3,(H,21,23). The van der Waals surface area contributed by atoms with E-state index in [-0.39, 0.29) is 27.8 Å². The maximum Gasteiger partial charge on any atom is 0.337 e.